The van der Waals surface area contributed by atoms with Gasteiger partial charge in [-0.2, -0.15) is 13.2 Å². The van der Waals surface area contributed by atoms with Crippen molar-refractivity contribution in [1.82, 2.24) is 5.32 Å². The van der Waals surface area contributed by atoms with Crippen molar-refractivity contribution < 1.29 is 17.9 Å². The summed E-state index contributed by atoms with van der Waals surface area (Å²) in [6, 6.07) is 0.0602. The first-order valence-corrected chi connectivity index (χ1v) is 7.36. The molecule has 0 radical (unpaired) electrons. The summed E-state index contributed by atoms with van der Waals surface area (Å²) >= 11 is 0. The fourth-order valence-corrected chi connectivity index (χ4v) is 2.57. The minimum atomic E-state index is -4.26. The normalized spacial score (nSPS) is 21.3. The molecule has 0 aromatic rings. The Morgan fingerprint density at radius 1 is 1.21 bits per heavy atom. The first-order valence-electron chi connectivity index (χ1n) is 7.36. The Kier molecular flexibility index (Phi) is 7.15. The van der Waals surface area contributed by atoms with Gasteiger partial charge in [0.2, 0.25) is 0 Å². The largest absolute Gasteiger partial charge is 0.414 e. The quantitative estimate of drug-likeness (QED) is 0.764. The third kappa shape index (κ3) is 6.13. The lowest BCUT2D eigenvalue weighted by Crippen LogP contribution is -2.43. The van der Waals surface area contributed by atoms with Gasteiger partial charge >= 0.3 is 6.18 Å². The lowest BCUT2D eigenvalue weighted by atomic mass is 9.84. The van der Waals surface area contributed by atoms with Gasteiger partial charge in [0.1, 0.15) is 0 Å². The van der Waals surface area contributed by atoms with Crippen molar-refractivity contribution in [3.63, 3.8) is 0 Å². The molecule has 5 heteroatoms. The highest BCUT2D eigenvalue weighted by atomic mass is 19.4. The van der Waals surface area contributed by atoms with Crippen LogP contribution >= 0.6 is 0 Å². The molecule has 0 heterocycles. The topological polar surface area (TPSA) is 21.3 Å². The first-order chi connectivity index (χ1) is 8.95. The Morgan fingerprint density at radius 3 is 2.37 bits per heavy atom. The molecule has 0 spiro atoms. The zero-order chi connectivity index (χ0) is 14.3. The number of hydrogen-bond acceptors (Lipinski definition) is 2. The van der Waals surface area contributed by atoms with Gasteiger partial charge < -0.3 is 10.1 Å². The molecule has 1 N–H and O–H groups in total. The van der Waals surface area contributed by atoms with Crippen LogP contribution in [0.1, 0.15) is 52.4 Å². The van der Waals surface area contributed by atoms with E-state index in [0.717, 1.165) is 32.7 Å². The van der Waals surface area contributed by atoms with Crippen molar-refractivity contribution in [3.05, 3.63) is 0 Å². The molecule has 19 heavy (non-hydrogen) atoms. The summed E-state index contributed by atoms with van der Waals surface area (Å²) in [5, 5.41) is 3.35. The van der Waals surface area contributed by atoms with Crippen LogP contribution in [0.2, 0.25) is 0 Å². The first kappa shape index (κ1) is 16.8. The second kappa shape index (κ2) is 8.10. The summed E-state index contributed by atoms with van der Waals surface area (Å²) in [4.78, 5) is 0. The highest BCUT2D eigenvalue weighted by Gasteiger charge is 2.37. The van der Waals surface area contributed by atoms with E-state index in [1.807, 2.05) is 0 Å². The van der Waals surface area contributed by atoms with Crippen molar-refractivity contribution >= 4 is 0 Å². The highest BCUT2D eigenvalue weighted by Crippen LogP contribution is 2.28. The zero-order valence-electron chi connectivity index (χ0n) is 11.9. The van der Waals surface area contributed by atoms with Crippen LogP contribution in [0, 0.1) is 5.92 Å². The van der Waals surface area contributed by atoms with Gasteiger partial charge in [-0.15, -0.1) is 0 Å². The van der Waals surface area contributed by atoms with E-state index in [4.69, 9.17) is 4.74 Å². The minimum absolute atomic E-state index is 0.0602. The molecule has 0 aromatic carbocycles. The zero-order valence-corrected chi connectivity index (χ0v) is 11.9. The summed E-state index contributed by atoms with van der Waals surface area (Å²) < 4.78 is 42.4. The molecule has 114 valence electrons. The maximum Gasteiger partial charge on any atom is 0.414 e. The average Bonchev–Trinajstić information content (AvgIpc) is 2.38. The monoisotopic (exact) mass is 281 g/mol. The summed E-state index contributed by atoms with van der Waals surface area (Å²) in [5.41, 5.74) is 0. The summed E-state index contributed by atoms with van der Waals surface area (Å²) in [5.74, 6) is 0.459. The van der Waals surface area contributed by atoms with Gasteiger partial charge in [-0.05, 0) is 38.6 Å². The third-order valence-corrected chi connectivity index (χ3v) is 3.86. The van der Waals surface area contributed by atoms with Crippen LogP contribution in [0.4, 0.5) is 13.2 Å². The van der Waals surface area contributed by atoms with E-state index < -0.39 is 12.3 Å². The molecule has 0 aliphatic heterocycles. The Labute approximate surface area is 114 Å². The van der Waals surface area contributed by atoms with E-state index in [1.165, 1.54) is 19.3 Å². The summed E-state index contributed by atoms with van der Waals surface area (Å²) in [6.07, 6.45) is 0.864. The van der Waals surface area contributed by atoms with Gasteiger partial charge in [-0.3, -0.25) is 0 Å². The van der Waals surface area contributed by atoms with Crippen LogP contribution < -0.4 is 5.32 Å². The van der Waals surface area contributed by atoms with Crippen LogP contribution in [0.25, 0.3) is 0 Å². The lowest BCUT2D eigenvalue weighted by Gasteiger charge is -2.32. The molecular formula is C14H26F3NO. The Hall–Kier alpha value is -0.290. The lowest BCUT2D eigenvalue weighted by molar-refractivity contribution is -0.216. The Morgan fingerprint density at radius 2 is 1.84 bits per heavy atom. The Balaban J connectivity index is 2.44. The van der Waals surface area contributed by atoms with Gasteiger partial charge in [0, 0.05) is 6.04 Å². The van der Waals surface area contributed by atoms with E-state index in [9.17, 15) is 13.2 Å². The molecule has 2 atom stereocenters. The SMILES string of the molecule is CCCNC(COC(C)C(F)(F)F)C1CCCCC1. The summed E-state index contributed by atoms with van der Waals surface area (Å²) in [7, 11) is 0. The van der Waals surface area contributed by atoms with Crippen molar-refractivity contribution in [2.75, 3.05) is 13.2 Å². The maximum absolute atomic E-state index is 12.4. The smallest absolute Gasteiger partial charge is 0.367 e. The van der Waals surface area contributed by atoms with Crippen molar-refractivity contribution in [2.24, 2.45) is 5.92 Å². The fraction of sp³-hybridized carbons (Fsp3) is 1.00. The predicted octanol–water partition coefficient (Wildman–Crippen LogP) is 3.90. The standard InChI is InChI=1S/C14H26F3NO/c1-3-9-18-13(12-7-5-4-6-8-12)10-19-11(2)14(15,16)17/h11-13,18H,3-10H2,1-2H3. The molecule has 1 aliphatic rings. The second-order valence-electron chi connectivity index (χ2n) is 5.48. The molecular weight excluding hydrogens is 255 g/mol. The van der Waals surface area contributed by atoms with Gasteiger partial charge in [0.15, 0.2) is 6.10 Å². The molecule has 1 fully saturated rings. The molecule has 2 nitrogen and oxygen atoms in total. The number of halogens is 3. The third-order valence-electron chi connectivity index (χ3n) is 3.86. The van der Waals surface area contributed by atoms with Crippen LogP contribution in [0.5, 0.6) is 0 Å². The van der Waals surface area contributed by atoms with Gasteiger partial charge in [-0.25, -0.2) is 0 Å². The van der Waals surface area contributed by atoms with E-state index in [2.05, 4.69) is 12.2 Å². The van der Waals surface area contributed by atoms with Crippen molar-refractivity contribution in [1.29, 1.82) is 0 Å². The average molecular weight is 281 g/mol. The number of nitrogens with one attached hydrogen (secondary N) is 1. The van der Waals surface area contributed by atoms with E-state index in [1.54, 1.807) is 0 Å². The van der Waals surface area contributed by atoms with E-state index >= 15 is 0 Å². The van der Waals surface area contributed by atoms with Gasteiger partial charge in [0.25, 0.3) is 0 Å². The van der Waals surface area contributed by atoms with E-state index in [-0.39, 0.29) is 12.6 Å². The maximum atomic E-state index is 12.4. The molecule has 2 unspecified atom stereocenters. The molecule has 0 bridgehead atoms. The molecule has 1 rings (SSSR count). The highest BCUT2D eigenvalue weighted by molar-refractivity contribution is 4.80. The molecule has 0 saturated heterocycles. The van der Waals surface area contributed by atoms with Crippen LogP contribution in [-0.4, -0.2) is 31.5 Å². The number of ether oxygens (including phenoxy) is 1. The van der Waals surface area contributed by atoms with Crippen molar-refractivity contribution in [3.8, 4) is 0 Å². The number of alkyl halides is 3. The fourth-order valence-electron chi connectivity index (χ4n) is 2.57. The number of rotatable bonds is 7. The molecule has 1 aliphatic carbocycles. The Bertz CT molecular complexity index is 239. The van der Waals surface area contributed by atoms with Gasteiger partial charge in [-0.1, -0.05) is 26.2 Å². The predicted molar refractivity (Wildman–Crippen MR) is 70.1 cm³/mol. The molecule has 0 amide bonds. The summed E-state index contributed by atoms with van der Waals surface area (Å²) in [6.45, 7) is 4.14. The second-order valence-corrected chi connectivity index (χ2v) is 5.48. The number of hydrogen-bond donors (Lipinski definition) is 1. The van der Waals surface area contributed by atoms with Crippen molar-refractivity contribution in [2.45, 2.75) is 70.7 Å². The van der Waals surface area contributed by atoms with Crippen LogP contribution in [0.15, 0.2) is 0 Å². The van der Waals surface area contributed by atoms with E-state index in [0.29, 0.717) is 5.92 Å². The minimum Gasteiger partial charge on any atom is -0.367 e. The molecule has 0 aromatic heterocycles. The van der Waals surface area contributed by atoms with Crippen LogP contribution in [0.3, 0.4) is 0 Å². The van der Waals surface area contributed by atoms with Gasteiger partial charge in [0.05, 0.1) is 6.61 Å². The molecule has 1 saturated carbocycles. The van der Waals surface area contributed by atoms with Crippen LogP contribution in [-0.2, 0) is 4.74 Å².